The summed E-state index contributed by atoms with van der Waals surface area (Å²) in [6, 6.07) is 5.89. The molecule has 1 aliphatic carbocycles. The average molecular weight is 571 g/mol. The summed E-state index contributed by atoms with van der Waals surface area (Å²) >= 11 is 6.46. The van der Waals surface area contributed by atoms with Crippen molar-refractivity contribution in [1.82, 2.24) is 14.7 Å². The molecule has 4 aliphatic rings. The fourth-order valence-corrected chi connectivity index (χ4v) is 7.85. The Morgan fingerprint density at radius 2 is 1.55 bits per heavy atom. The quantitative estimate of drug-likeness (QED) is 0.476. The number of rotatable bonds is 7. The maximum absolute atomic E-state index is 13.7. The van der Waals surface area contributed by atoms with Gasteiger partial charge >= 0.3 is 0 Å². The van der Waals surface area contributed by atoms with E-state index in [1.807, 2.05) is 34.9 Å². The Bertz CT molecular complexity index is 1130. The molecule has 7 nitrogen and oxygen atoms in total. The molecule has 1 saturated carbocycles. The van der Waals surface area contributed by atoms with Gasteiger partial charge in [0.05, 0.1) is 0 Å². The number of hydrogen-bond donors (Lipinski definition) is 0. The molecule has 3 amide bonds. The van der Waals surface area contributed by atoms with Crippen LogP contribution < -0.4 is 4.90 Å². The van der Waals surface area contributed by atoms with E-state index < -0.39 is 0 Å². The summed E-state index contributed by atoms with van der Waals surface area (Å²) < 4.78 is 0. The predicted octanol–water partition coefficient (Wildman–Crippen LogP) is 4.70. The third-order valence-corrected chi connectivity index (χ3v) is 11.4. The third kappa shape index (κ3) is 5.40. The van der Waals surface area contributed by atoms with Crippen LogP contribution in [0.15, 0.2) is 18.2 Å². The van der Waals surface area contributed by atoms with Crippen molar-refractivity contribution in [3.05, 3.63) is 28.8 Å². The highest BCUT2D eigenvalue weighted by molar-refractivity contribution is 6.31. The lowest BCUT2D eigenvalue weighted by Crippen LogP contribution is -2.44. The van der Waals surface area contributed by atoms with Gasteiger partial charge in [0.1, 0.15) is 0 Å². The van der Waals surface area contributed by atoms with Crippen LogP contribution in [0.5, 0.6) is 0 Å². The molecule has 2 atom stereocenters. The second-order valence-electron chi connectivity index (χ2n) is 14.0. The van der Waals surface area contributed by atoms with Crippen LogP contribution in [0.4, 0.5) is 5.69 Å². The highest BCUT2D eigenvalue weighted by Crippen LogP contribution is 2.69. The lowest BCUT2D eigenvalue weighted by Gasteiger charge is -2.34. The first-order valence-electron chi connectivity index (χ1n) is 15.2. The van der Waals surface area contributed by atoms with Crippen LogP contribution in [-0.4, -0.2) is 84.8 Å². The van der Waals surface area contributed by atoms with Crippen molar-refractivity contribution in [3.8, 4) is 0 Å². The number of carbonyl (C=O) groups is 3. The molecule has 1 aromatic carbocycles. The fourth-order valence-electron chi connectivity index (χ4n) is 7.68. The first-order chi connectivity index (χ1) is 18.8. The number of hydrogen-bond acceptors (Lipinski definition) is 4. The van der Waals surface area contributed by atoms with Crippen LogP contribution in [0.1, 0.15) is 59.4 Å². The number of piperidine rings is 1. The first-order valence-corrected chi connectivity index (χ1v) is 15.5. The van der Waals surface area contributed by atoms with Gasteiger partial charge in [0.2, 0.25) is 17.7 Å². The Labute approximate surface area is 245 Å². The van der Waals surface area contributed by atoms with Gasteiger partial charge in [-0.3, -0.25) is 14.4 Å². The number of nitrogens with zero attached hydrogens (tertiary/aromatic N) is 4. The molecule has 4 fully saturated rings. The molecule has 2 unspecified atom stereocenters. The van der Waals surface area contributed by atoms with Crippen molar-refractivity contribution in [2.45, 2.75) is 60.8 Å². The van der Waals surface area contributed by atoms with Gasteiger partial charge < -0.3 is 19.6 Å². The van der Waals surface area contributed by atoms with Gasteiger partial charge in [0.15, 0.2) is 0 Å². The molecule has 0 N–H and O–H groups in total. The van der Waals surface area contributed by atoms with E-state index in [1.54, 1.807) is 6.92 Å². The molecule has 8 heteroatoms. The fraction of sp³-hybridized carbons (Fsp3) is 0.719. The Hall–Kier alpha value is -2.12. The number of benzene rings is 1. The van der Waals surface area contributed by atoms with Crippen molar-refractivity contribution < 1.29 is 14.4 Å². The van der Waals surface area contributed by atoms with Crippen LogP contribution in [-0.2, 0) is 14.4 Å². The van der Waals surface area contributed by atoms with E-state index in [1.165, 1.54) is 0 Å². The Kier molecular flexibility index (Phi) is 8.03. The summed E-state index contributed by atoms with van der Waals surface area (Å²) in [5.41, 5.74) is 2.03. The van der Waals surface area contributed by atoms with Crippen molar-refractivity contribution in [3.63, 3.8) is 0 Å². The van der Waals surface area contributed by atoms with E-state index in [0.717, 1.165) is 50.4 Å². The molecule has 0 aromatic heterocycles. The van der Waals surface area contributed by atoms with Gasteiger partial charge in [-0.05, 0) is 73.1 Å². The Morgan fingerprint density at radius 3 is 2.08 bits per heavy atom. The minimum atomic E-state index is -0.0771. The number of likely N-dealkylation sites (tertiary alicyclic amines) is 3. The maximum atomic E-state index is 13.7. The van der Waals surface area contributed by atoms with Crippen LogP contribution >= 0.6 is 11.6 Å². The summed E-state index contributed by atoms with van der Waals surface area (Å²) in [7, 11) is 0. The van der Waals surface area contributed by atoms with Crippen LogP contribution in [0.25, 0.3) is 0 Å². The minimum absolute atomic E-state index is 0.0771. The van der Waals surface area contributed by atoms with Gasteiger partial charge in [-0.2, -0.15) is 0 Å². The van der Waals surface area contributed by atoms with Gasteiger partial charge in [-0.15, -0.1) is 0 Å². The lowest BCUT2D eigenvalue weighted by atomic mass is 9.94. The third-order valence-electron chi connectivity index (χ3n) is 11.0. The highest BCUT2D eigenvalue weighted by Gasteiger charge is 2.69. The standard InChI is InChI=1S/C32H47ClN4O3/c1-21-8-9-26(16-27(21)33)37(29(39)23-10-14-35(15-11-23)22(2)38)13-7-12-34-17-24-19-36(20-25(24)18-34)30(40)28-31(3,4)32(28,5)6/h8-9,16,23-25,28H,7,10-15,17-20H2,1-6H3. The number of anilines is 1. The summed E-state index contributed by atoms with van der Waals surface area (Å²) in [6.45, 7) is 19.2. The van der Waals surface area contributed by atoms with Gasteiger partial charge in [-0.25, -0.2) is 0 Å². The summed E-state index contributed by atoms with van der Waals surface area (Å²) in [5, 5.41) is 0.672. The zero-order chi connectivity index (χ0) is 29.0. The highest BCUT2D eigenvalue weighted by atomic mass is 35.5. The van der Waals surface area contributed by atoms with Gasteiger partial charge in [0, 0.05) is 75.3 Å². The molecule has 40 heavy (non-hydrogen) atoms. The summed E-state index contributed by atoms with van der Waals surface area (Å²) in [4.78, 5) is 47.2. The number of carbonyl (C=O) groups excluding carboxylic acids is 3. The van der Waals surface area contributed by atoms with E-state index in [2.05, 4.69) is 37.5 Å². The number of amides is 3. The molecule has 0 radical (unpaired) electrons. The molecule has 5 rings (SSSR count). The smallest absolute Gasteiger partial charge is 0.230 e. The summed E-state index contributed by atoms with van der Waals surface area (Å²) in [6.07, 6.45) is 2.29. The Morgan fingerprint density at radius 1 is 0.950 bits per heavy atom. The second kappa shape index (κ2) is 10.9. The zero-order valence-corrected chi connectivity index (χ0v) is 26.0. The van der Waals surface area contributed by atoms with E-state index in [4.69, 9.17) is 11.6 Å². The molecular weight excluding hydrogens is 524 g/mol. The largest absolute Gasteiger partial charge is 0.343 e. The summed E-state index contributed by atoms with van der Waals surface area (Å²) in [5.74, 6) is 1.74. The van der Waals surface area contributed by atoms with Crippen molar-refractivity contribution in [1.29, 1.82) is 0 Å². The van der Waals surface area contributed by atoms with Crippen LogP contribution in [0.2, 0.25) is 5.02 Å². The minimum Gasteiger partial charge on any atom is -0.343 e. The first kappa shape index (κ1) is 29.4. The zero-order valence-electron chi connectivity index (χ0n) is 25.2. The molecule has 0 bridgehead atoms. The van der Waals surface area contributed by atoms with Crippen molar-refractivity contribution in [2.75, 3.05) is 57.3 Å². The normalized spacial score (nSPS) is 26.2. The Balaban J connectivity index is 1.15. The van der Waals surface area contributed by atoms with Crippen molar-refractivity contribution >= 4 is 35.0 Å². The molecule has 3 saturated heterocycles. The van der Waals surface area contributed by atoms with E-state index in [9.17, 15) is 14.4 Å². The number of aryl methyl sites for hydroxylation is 1. The van der Waals surface area contributed by atoms with Crippen LogP contribution in [0.3, 0.4) is 0 Å². The molecule has 1 aromatic rings. The molecule has 220 valence electrons. The van der Waals surface area contributed by atoms with Crippen molar-refractivity contribution in [2.24, 2.45) is 34.5 Å². The maximum Gasteiger partial charge on any atom is 0.230 e. The number of fused-ring (bicyclic) bond motifs is 1. The second-order valence-corrected chi connectivity index (χ2v) is 14.4. The van der Waals surface area contributed by atoms with Crippen LogP contribution in [0, 0.1) is 41.4 Å². The van der Waals surface area contributed by atoms with Gasteiger partial charge in [0.25, 0.3) is 0 Å². The SMILES string of the molecule is CC(=O)N1CCC(C(=O)N(CCCN2CC3CN(C(=O)C4C(C)(C)C4(C)C)CC3C2)c2ccc(C)c(Cl)c2)CC1. The number of halogens is 1. The molecule has 0 spiro atoms. The average Bonchev–Trinajstić information content (AvgIpc) is 3.25. The van der Waals surface area contributed by atoms with Gasteiger partial charge in [-0.1, -0.05) is 45.4 Å². The monoisotopic (exact) mass is 570 g/mol. The lowest BCUT2D eigenvalue weighted by molar-refractivity contribution is -0.133. The van der Waals surface area contributed by atoms with E-state index in [-0.39, 0.29) is 34.5 Å². The predicted molar refractivity (Wildman–Crippen MR) is 159 cm³/mol. The molecule has 3 heterocycles. The molecule has 3 aliphatic heterocycles. The molecular formula is C32H47ClN4O3. The topological polar surface area (TPSA) is 64.2 Å². The van der Waals surface area contributed by atoms with E-state index in [0.29, 0.717) is 55.2 Å². The van der Waals surface area contributed by atoms with E-state index >= 15 is 0 Å².